The summed E-state index contributed by atoms with van der Waals surface area (Å²) in [5.74, 6) is -0.593. The molecule has 2 aromatic rings. The molecule has 2 unspecified atom stereocenters. The summed E-state index contributed by atoms with van der Waals surface area (Å²) in [7, 11) is 0. The Kier molecular flexibility index (Phi) is 5.65. The van der Waals surface area contributed by atoms with Crippen molar-refractivity contribution in [2.24, 2.45) is 0 Å². The third-order valence-electron chi connectivity index (χ3n) is 4.37. The molecule has 0 aliphatic carbocycles. The summed E-state index contributed by atoms with van der Waals surface area (Å²) in [4.78, 5) is 22.0. The first-order valence-electron chi connectivity index (χ1n) is 8.73. The van der Waals surface area contributed by atoms with Crippen LogP contribution < -0.4 is 10.2 Å². The maximum atomic E-state index is 13.4. The summed E-state index contributed by atoms with van der Waals surface area (Å²) in [5.41, 5.74) is 1.24. The summed E-state index contributed by atoms with van der Waals surface area (Å²) in [6.45, 7) is 1.63. The molecule has 148 valence electrons. The lowest BCUT2D eigenvalue weighted by atomic mass is 10.1. The highest BCUT2D eigenvalue weighted by Crippen LogP contribution is 2.33. The van der Waals surface area contributed by atoms with Gasteiger partial charge in [-0.25, -0.2) is 0 Å². The number of anilines is 1. The number of hydrogen-bond donors (Lipinski definition) is 1. The van der Waals surface area contributed by atoms with Crippen LogP contribution >= 0.6 is 0 Å². The number of benzene rings is 1. The summed E-state index contributed by atoms with van der Waals surface area (Å²) >= 11 is 0. The fourth-order valence-corrected chi connectivity index (χ4v) is 3.03. The number of hydrogen-bond acceptors (Lipinski definition) is 6. The summed E-state index contributed by atoms with van der Waals surface area (Å²) in [5, 5.41) is 11.8. The van der Waals surface area contributed by atoms with Crippen LogP contribution in [0.3, 0.4) is 0 Å². The number of morpholine rings is 1. The Hall–Kier alpha value is -2.93. The molecular formula is C18H18F3N5O2. The van der Waals surface area contributed by atoms with E-state index in [1.807, 2.05) is 13.0 Å². The van der Waals surface area contributed by atoms with E-state index in [2.05, 4.69) is 15.3 Å². The minimum atomic E-state index is -4.63. The number of aromatic nitrogens is 2. The zero-order valence-electron chi connectivity index (χ0n) is 15.0. The minimum absolute atomic E-state index is 0.0697. The fourth-order valence-electron chi connectivity index (χ4n) is 3.03. The van der Waals surface area contributed by atoms with Crippen molar-refractivity contribution in [3.8, 4) is 6.07 Å². The summed E-state index contributed by atoms with van der Waals surface area (Å²) in [6.07, 6.45) is -4.57. The van der Waals surface area contributed by atoms with Gasteiger partial charge >= 0.3 is 6.18 Å². The van der Waals surface area contributed by atoms with Gasteiger partial charge in [0.05, 0.1) is 24.3 Å². The normalized spacial score (nSPS) is 20.0. The van der Waals surface area contributed by atoms with Gasteiger partial charge in [-0.3, -0.25) is 14.8 Å². The number of alkyl halides is 3. The maximum Gasteiger partial charge on any atom is 0.416 e. The standard InChI is InChI=1S/C18H18F3N5O2/c1-2-5-25-17(27)13-9-26(10-14(28-13)18(19,20)21)12-4-3-11(8-22)15-16(12)24-7-6-23-15/h3-4,6-7,13-14H,2,5,9-10H2,1H3,(H,25,27). The van der Waals surface area contributed by atoms with Crippen molar-refractivity contribution < 1.29 is 22.7 Å². The molecule has 1 aromatic heterocycles. The van der Waals surface area contributed by atoms with E-state index in [9.17, 15) is 23.2 Å². The molecule has 28 heavy (non-hydrogen) atoms. The quantitative estimate of drug-likeness (QED) is 0.856. The minimum Gasteiger partial charge on any atom is -0.364 e. The lowest BCUT2D eigenvalue weighted by Gasteiger charge is -2.39. The highest BCUT2D eigenvalue weighted by molar-refractivity contribution is 5.92. The lowest BCUT2D eigenvalue weighted by Crippen LogP contribution is -2.57. The third kappa shape index (κ3) is 3.99. The number of nitriles is 1. The van der Waals surface area contributed by atoms with Gasteiger partial charge in [0.15, 0.2) is 12.2 Å². The number of fused-ring (bicyclic) bond motifs is 1. The fraction of sp³-hybridized carbons (Fsp3) is 0.444. The van der Waals surface area contributed by atoms with Crippen molar-refractivity contribution in [2.45, 2.75) is 31.7 Å². The Balaban J connectivity index is 1.99. The monoisotopic (exact) mass is 393 g/mol. The number of rotatable bonds is 4. The first kappa shape index (κ1) is 19.8. The second-order valence-electron chi connectivity index (χ2n) is 6.35. The molecule has 2 heterocycles. The van der Waals surface area contributed by atoms with Gasteiger partial charge in [0, 0.05) is 18.9 Å². The molecule has 0 bridgehead atoms. The van der Waals surface area contributed by atoms with E-state index >= 15 is 0 Å². The number of halogens is 3. The molecular weight excluding hydrogens is 375 g/mol. The van der Waals surface area contributed by atoms with E-state index in [0.717, 1.165) is 0 Å². The average molecular weight is 393 g/mol. The molecule has 1 fully saturated rings. The van der Waals surface area contributed by atoms with Crippen LogP contribution in [0.25, 0.3) is 11.0 Å². The summed E-state index contributed by atoms with van der Waals surface area (Å²) in [6, 6.07) is 5.00. The average Bonchev–Trinajstić information content (AvgIpc) is 2.70. The summed E-state index contributed by atoms with van der Waals surface area (Å²) < 4.78 is 45.2. The smallest absolute Gasteiger partial charge is 0.364 e. The van der Waals surface area contributed by atoms with E-state index in [0.29, 0.717) is 29.7 Å². The molecule has 7 nitrogen and oxygen atoms in total. The molecule has 3 rings (SSSR count). The Morgan fingerprint density at radius 1 is 1.32 bits per heavy atom. The number of ether oxygens (including phenoxy) is 1. The Morgan fingerprint density at radius 2 is 2.04 bits per heavy atom. The van der Waals surface area contributed by atoms with Crippen LogP contribution in [0.5, 0.6) is 0 Å². The van der Waals surface area contributed by atoms with Gasteiger partial charge in [0.2, 0.25) is 0 Å². The van der Waals surface area contributed by atoms with Crippen LogP contribution in [0.4, 0.5) is 18.9 Å². The van der Waals surface area contributed by atoms with Crippen LogP contribution in [0.1, 0.15) is 18.9 Å². The lowest BCUT2D eigenvalue weighted by molar-refractivity contribution is -0.234. The molecule has 1 aliphatic heterocycles. The predicted molar refractivity (Wildman–Crippen MR) is 94.5 cm³/mol. The molecule has 1 aromatic carbocycles. The van der Waals surface area contributed by atoms with Crippen LogP contribution in [0, 0.1) is 11.3 Å². The SMILES string of the molecule is CCCNC(=O)C1CN(c2ccc(C#N)c3nccnc23)CC(C(F)(F)F)O1. The highest BCUT2D eigenvalue weighted by Gasteiger charge is 2.47. The molecule has 2 atom stereocenters. The predicted octanol–water partition coefficient (Wildman–Crippen LogP) is 2.16. The van der Waals surface area contributed by atoms with E-state index in [1.165, 1.54) is 29.4 Å². The number of nitrogens with one attached hydrogen (secondary N) is 1. The highest BCUT2D eigenvalue weighted by atomic mass is 19.4. The zero-order chi connectivity index (χ0) is 20.3. The van der Waals surface area contributed by atoms with E-state index in [-0.39, 0.29) is 12.1 Å². The molecule has 1 N–H and O–H groups in total. The van der Waals surface area contributed by atoms with Crippen molar-refractivity contribution in [1.29, 1.82) is 5.26 Å². The van der Waals surface area contributed by atoms with Gasteiger partial charge in [-0.1, -0.05) is 6.92 Å². The molecule has 0 saturated carbocycles. The molecule has 0 radical (unpaired) electrons. The largest absolute Gasteiger partial charge is 0.416 e. The van der Waals surface area contributed by atoms with Crippen LogP contribution in [-0.4, -0.2) is 53.9 Å². The molecule has 1 amide bonds. The molecule has 0 spiro atoms. The second kappa shape index (κ2) is 7.98. The molecule has 1 saturated heterocycles. The van der Waals surface area contributed by atoms with Crippen molar-refractivity contribution in [3.05, 3.63) is 30.1 Å². The van der Waals surface area contributed by atoms with Crippen molar-refractivity contribution in [2.75, 3.05) is 24.5 Å². The Labute approximate surface area is 159 Å². The maximum absolute atomic E-state index is 13.4. The van der Waals surface area contributed by atoms with Crippen LogP contribution in [0.15, 0.2) is 24.5 Å². The first-order chi connectivity index (χ1) is 13.3. The number of carbonyl (C=O) groups is 1. The molecule has 1 aliphatic rings. The molecule has 10 heteroatoms. The Morgan fingerprint density at radius 3 is 2.68 bits per heavy atom. The number of carbonyl (C=O) groups excluding carboxylic acids is 1. The first-order valence-corrected chi connectivity index (χ1v) is 8.73. The zero-order valence-corrected chi connectivity index (χ0v) is 15.0. The second-order valence-corrected chi connectivity index (χ2v) is 6.35. The van der Waals surface area contributed by atoms with Gasteiger partial charge in [-0.2, -0.15) is 18.4 Å². The van der Waals surface area contributed by atoms with Crippen molar-refractivity contribution >= 4 is 22.6 Å². The van der Waals surface area contributed by atoms with Gasteiger partial charge in [-0.05, 0) is 18.6 Å². The number of nitrogens with zero attached hydrogens (tertiary/aromatic N) is 4. The topological polar surface area (TPSA) is 91.1 Å². The number of amides is 1. The van der Waals surface area contributed by atoms with Crippen LogP contribution in [0.2, 0.25) is 0 Å². The van der Waals surface area contributed by atoms with Gasteiger partial charge in [0.25, 0.3) is 5.91 Å². The van der Waals surface area contributed by atoms with Crippen molar-refractivity contribution in [1.82, 2.24) is 15.3 Å². The van der Waals surface area contributed by atoms with E-state index in [4.69, 9.17) is 4.74 Å². The Bertz CT molecular complexity index is 912. The van der Waals surface area contributed by atoms with Crippen LogP contribution in [-0.2, 0) is 9.53 Å². The van der Waals surface area contributed by atoms with Gasteiger partial charge in [0.1, 0.15) is 17.1 Å². The van der Waals surface area contributed by atoms with Gasteiger partial charge in [-0.15, -0.1) is 0 Å². The van der Waals surface area contributed by atoms with E-state index < -0.39 is 30.8 Å². The van der Waals surface area contributed by atoms with E-state index in [1.54, 1.807) is 0 Å². The third-order valence-corrected chi connectivity index (χ3v) is 4.37. The van der Waals surface area contributed by atoms with Crippen molar-refractivity contribution in [3.63, 3.8) is 0 Å². The van der Waals surface area contributed by atoms with Gasteiger partial charge < -0.3 is 15.0 Å².